The Morgan fingerprint density at radius 2 is 2.25 bits per heavy atom. The molecule has 0 saturated carbocycles. The van der Waals surface area contributed by atoms with Crippen LogP contribution in [0.3, 0.4) is 0 Å². The van der Waals surface area contributed by atoms with Gasteiger partial charge in [0.15, 0.2) is 0 Å². The number of thiophene rings is 1. The summed E-state index contributed by atoms with van der Waals surface area (Å²) in [6.07, 6.45) is 7.02. The molecular weight excluding hydrogens is 268 g/mol. The molecular formula is C15H20N4S. The summed E-state index contributed by atoms with van der Waals surface area (Å²) in [5.41, 5.74) is 0. The summed E-state index contributed by atoms with van der Waals surface area (Å²) in [5, 5.41) is 7.01. The first-order chi connectivity index (χ1) is 9.92. The van der Waals surface area contributed by atoms with Crippen LogP contribution < -0.4 is 10.2 Å². The molecule has 0 radical (unpaired) electrons. The van der Waals surface area contributed by atoms with Gasteiger partial charge in [0.25, 0.3) is 0 Å². The van der Waals surface area contributed by atoms with E-state index in [9.17, 15) is 0 Å². The number of piperidine rings is 1. The number of hydrogen-bond acceptors (Lipinski definition) is 5. The Bertz CT molecular complexity index is 590. The molecule has 0 spiro atoms. The first kappa shape index (κ1) is 12.5. The maximum Gasteiger partial charge on any atom is 0.140 e. The molecule has 0 aromatic carbocycles. The Kier molecular flexibility index (Phi) is 3.32. The highest BCUT2D eigenvalue weighted by atomic mass is 32.1. The van der Waals surface area contributed by atoms with Gasteiger partial charge in [-0.3, -0.25) is 0 Å². The van der Waals surface area contributed by atoms with E-state index in [1.54, 1.807) is 17.7 Å². The SMILES string of the molecule is c1nc(N2CCCC(C3CCCN3)C2)c2ccsc2n1. The van der Waals surface area contributed by atoms with Gasteiger partial charge in [0.05, 0.1) is 5.39 Å². The van der Waals surface area contributed by atoms with E-state index in [-0.39, 0.29) is 0 Å². The lowest BCUT2D eigenvalue weighted by molar-refractivity contribution is 0.328. The topological polar surface area (TPSA) is 41.1 Å². The molecule has 20 heavy (non-hydrogen) atoms. The summed E-state index contributed by atoms with van der Waals surface area (Å²) < 4.78 is 0. The second-order valence-corrected chi connectivity index (χ2v) is 6.78. The quantitative estimate of drug-likeness (QED) is 0.922. The second kappa shape index (κ2) is 5.30. The van der Waals surface area contributed by atoms with Crippen molar-refractivity contribution in [2.24, 2.45) is 5.92 Å². The molecule has 4 heterocycles. The van der Waals surface area contributed by atoms with Crippen LogP contribution in [0.1, 0.15) is 25.7 Å². The molecule has 2 aliphatic heterocycles. The van der Waals surface area contributed by atoms with Crippen molar-refractivity contribution >= 4 is 27.4 Å². The zero-order chi connectivity index (χ0) is 13.4. The van der Waals surface area contributed by atoms with Gasteiger partial charge in [0, 0.05) is 19.1 Å². The molecule has 2 unspecified atom stereocenters. The summed E-state index contributed by atoms with van der Waals surface area (Å²) in [7, 11) is 0. The van der Waals surface area contributed by atoms with E-state index in [4.69, 9.17) is 0 Å². The van der Waals surface area contributed by atoms with Crippen molar-refractivity contribution < 1.29 is 0 Å². The Morgan fingerprint density at radius 3 is 3.15 bits per heavy atom. The van der Waals surface area contributed by atoms with Crippen molar-refractivity contribution in [2.75, 3.05) is 24.5 Å². The molecule has 0 amide bonds. The fourth-order valence-electron chi connectivity index (χ4n) is 3.67. The van der Waals surface area contributed by atoms with E-state index < -0.39 is 0 Å². The van der Waals surface area contributed by atoms with E-state index in [0.29, 0.717) is 0 Å². The molecule has 2 aliphatic rings. The van der Waals surface area contributed by atoms with Crippen LogP contribution >= 0.6 is 11.3 Å². The highest BCUT2D eigenvalue weighted by molar-refractivity contribution is 7.16. The molecule has 2 atom stereocenters. The molecule has 0 bridgehead atoms. The number of anilines is 1. The minimum Gasteiger partial charge on any atom is -0.356 e. The summed E-state index contributed by atoms with van der Waals surface area (Å²) in [6.45, 7) is 3.47. The van der Waals surface area contributed by atoms with Gasteiger partial charge in [0.1, 0.15) is 17.0 Å². The van der Waals surface area contributed by atoms with Gasteiger partial charge < -0.3 is 10.2 Å². The summed E-state index contributed by atoms with van der Waals surface area (Å²) >= 11 is 1.70. The Hall–Kier alpha value is -1.20. The van der Waals surface area contributed by atoms with Crippen molar-refractivity contribution in [3.05, 3.63) is 17.8 Å². The highest BCUT2D eigenvalue weighted by Gasteiger charge is 2.30. The monoisotopic (exact) mass is 288 g/mol. The number of hydrogen-bond donors (Lipinski definition) is 1. The summed E-state index contributed by atoms with van der Waals surface area (Å²) in [6, 6.07) is 2.88. The van der Waals surface area contributed by atoms with Gasteiger partial charge in [-0.15, -0.1) is 11.3 Å². The predicted molar refractivity (Wildman–Crippen MR) is 83.4 cm³/mol. The van der Waals surface area contributed by atoms with Crippen LogP contribution in [-0.4, -0.2) is 35.6 Å². The molecule has 5 heteroatoms. The largest absolute Gasteiger partial charge is 0.356 e. The van der Waals surface area contributed by atoms with Crippen LogP contribution in [0.5, 0.6) is 0 Å². The summed E-state index contributed by atoms with van der Waals surface area (Å²) in [4.78, 5) is 12.5. The zero-order valence-electron chi connectivity index (χ0n) is 11.6. The molecule has 1 N–H and O–H groups in total. The minimum absolute atomic E-state index is 0.720. The number of nitrogens with zero attached hydrogens (tertiary/aromatic N) is 3. The van der Waals surface area contributed by atoms with Crippen LogP contribution in [0.15, 0.2) is 17.8 Å². The lowest BCUT2D eigenvalue weighted by Gasteiger charge is -2.36. The smallest absolute Gasteiger partial charge is 0.140 e. The summed E-state index contributed by atoms with van der Waals surface area (Å²) in [5.74, 6) is 1.91. The van der Waals surface area contributed by atoms with Gasteiger partial charge in [-0.1, -0.05) is 0 Å². The van der Waals surface area contributed by atoms with Crippen molar-refractivity contribution in [2.45, 2.75) is 31.7 Å². The van der Waals surface area contributed by atoms with E-state index in [1.165, 1.54) is 37.6 Å². The fraction of sp³-hybridized carbons (Fsp3) is 0.600. The van der Waals surface area contributed by atoms with Gasteiger partial charge >= 0.3 is 0 Å². The predicted octanol–water partition coefficient (Wildman–Crippen LogP) is 2.66. The van der Waals surface area contributed by atoms with Gasteiger partial charge in [-0.25, -0.2) is 9.97 Å². The molecule has 2 saturated heterocycles. The van der Waals surface area contributed by atoms with Crippen molar-refractivity contribution in [3.63, 3.8) is 0 Å². The van der Waals surface area contributed by atoms with Crippen LogP contribution in [0, 0.1) is 5.92 Å². The molecule has 4 nitrogen and oxygen atoms in total. The Labute approximate surface area is 123 Å². The van der Waals surface area contributed by atoms with E-state index in [0.717, 1.165) is 35.7 Å². The normalized spacial score (nSPS) is 27.3. The van der Waals surface area contributed by atoms with E-state index in [2.05, 4.69) is 31.6 Å². The van der Waals surface area contributed by atoms with Crippen LogP contribution in [-0.2, 0) is 0 Å². The van der Waals surface area contributed by atoms with Crippen LogP contribution in [0.25, 0.3) is 10.2 Å². The molecule has 106 valence electrons. The van der Waals surface area contributed by atoms with Gasteiger partial charge in [-0.05, 0) is 49.6 Å². The average Bonchev–Trinajstić information content (AvgIpc) is 3.18. The first-order valence-electron chi connectivity index (χ1n) is 7.58. The third-order valence-corrected chi connectivity index (χ3v) is 5.49. The first-order valence-corrected chi connectivity index (χ1v) is 8.46. The standard InChI is InChI=1S/C15H20N4S/c1-4-13(16-6-1)11-3-2-7-19(9-11)14-12-5-8-20-15(12)18-10-17-14/h5,8,10-11,13,16H,1-4,6-7,9H2. The number of nitrogens with one attached hydrogen (secondary N) is 1. The number of aromatic nitrogens is 2. The minimum atomic E-state index is 0.720. The maximum absolute atomic E-state index is 4.56. The van der Waals surface area contributed by atoms with Crippen LogP contribution in [0.4, 0.5) is 5.82 Å². The van der Waals surface area contributed by atoms with Crippen LogP contribution in [0.2, 0.25) is 0 Å². The van der Waals surface area contributed by atoms with Gasteiger partial charge in [0.2, 0.25) is 0 Å². The van der Waals surface area contributed by atoms with E-state index in [1.807, 2.05) is 0 Å². The molecule has 4 rings (SSSR count). The van der Waals surface area contributed by atoms with Gasteiger partial charge in [-0.2, -0.15) is 0 Å². The number of fused-ring (bicyclic) bond motifs is 1. The van der Waals surface area contributed by atoms with Crippen molar-refractivity contribution in [1.29, 1.82) is 0 Å². The Balaban J connectivity index is 1.59. The highest BCUT2D eigenvalue weighted by Crippen LogP contribution is 2.31. The van der Waals surface area contributed by atoms with E-state index >= 15 is 0 Å². The number of rotatable bonds is 2. The average molecular weight is 288 g/mol. The molecule has 2 fully saturated rings. The lowest BCUT2D eigenvalue weighted by Crippen LogP contribution is -2.43. The molecule has 2 aromatic heterocycles. The van der Waals surface area contributed by atoms with Crippen molar-refractivity contribution in [3.8, 4) is 0 Å². The fourth-order valence-corrected chi connectivity index (χ4v) is 4.40. The lowest BCUT2D eigenvalue weighted by atomic mass is 9.90. The molecule has 0 aliphatic carbocycles. The maximum atomic E-state index is 4.56. The zero-order valence-corrected chi connectivity index (χ0v) is 12.4. The molecule has 2 aromatic rings. The second-order valence-electron chi connectivity index (χ2n) is 5.89. The third kappa shape index (κ3) is 2.19. The van der Waals surface area contributed by atoms with Crippen molar-refractivity contribution in [1.82, 2.24) is 15.3 Å². The third-order valence-electron chi connectivity index (χ3n) is 4.67. The Morgan fingerprint density at radius 1 is 1.25 bits per heavy atom.